The van der Waals surface area contributed by atoms with Crippen molar-refractivity contribution < 1.29 is 9.53 Å². The van der Waals surface area contributed by atoms with E-state index in [0.717, 1.165) is 23.5 Å². The second-order valence-electron chi connectivity index (χ2n) is 8.62. The zero-order chi connectivity index (χ0) is 19.1. The first kappa shape index (κ1) is 17.7. The van der Waals surface area contributed by atoms with Crippen LogP contribution < -0.4 is 0 Å². The van der Waals surface area contributed by atoms with Crippen LogP contribution in [-0.2, 0) is 9.53 Å². The maximum atomic E-state index is 12.4. The van der Waals surface area contributed by atoms with Crippen molar-refractivity contribution >= 4 is 12.0 Å². The Morgan fingerprint density at radius 2 is 2.11 bits per heavy atom. The van der Waals surface area contributed by atoms with Gasteiger partial charge in [0.2, 0.25) is 0 Å². The summed E-state index contributed by atoms with van der Waals surface area (Å²) >= 11 is 0. The molecule has 5 heteroatoms. The molecule has 0 radical (unpaired) electrons. The van der Waals surface area contributed by atoms with Gasteiger partial charge in [0.25, 0.3) is 0 Å². The molecule has 2 saturated carbocycles. The van der Waals surface area contributed by atoms with E-state index in [0.29, 0.717) is 23.7 Å². The number of rotatable bonds is 3. The minimum atomic E-state index is 0.0179. The summed E-state index contributed by atoms with van der Waals surface area (Å²) in [4.78, 5) is 24.4. The number of nitrogens with one attached hydrogen (secondary N) is 1. The van der Waals surface area contributed by atoms with Gasteiger partial charge >= 0.3 is 5.97 Å². The van der Waals surface area contributed by atoms with E-state index in [9.17, 15) is 4.79 Å². The first-order valence-corrected chi connectivity index (χ1v) is 10.5. The number of ether oxygens (including phenoxy) is 1. The Morgan fingerprint density at radius 1 is 1.21 bits per heavy atom. The second-order valence-corrected chi connectivity index (χ2v) is 8.62. The monoisotopic (exact) mass is 377 g/mol. The number of imidazole rings is 1. The Labute approximate surface area is 165 Å². The third-order valence-corrected chi connectivity index (χ3v) is 7.12. The summed E-state index contributed by atoms with van der Waals surface area (Å²) in [5.41, 5.74) is 1.93. The number of fused-ring (bicyclic) bond motifs is 2. The number of aromatic nitrogens is 3. The molecule has 28 heavy (non-hydrogen) atoms. The molecule has 0 spiro atoms. The first-order valence-electron chi connectivity index (χ1n) is 10.5. The highest BCUT2D eigenvalue weighted by atomic mass is 16.6. The Hall–Kier alpha value is -2.43. The lowest BCUT2D eigenvalue weighted by Gasteiger charge is -2.45. The number of carbonyl (C=O) groups is 1. The van der Waals surface area contributed by atoms with Crippen molar-refractivity contribution in [1.82, 2.24) is 15.0 Å². The van der Waals surface area contributed by atoms with E-state index >= 15 is 0 Å². The molecule has 1 saturated heterocycles. The third kappa shape index (κ3) is 3.07. The quantitative estimate of drug-likeness (QED) is 0.800. The number of cyclic esters (lactones) is 1. The fourth-order valence-electron chi connectivity index (χ4n) is 5.86. The average molecular weight is 377 g/mol. The van der Waals surface area contributed by atoms with Crippen LogP contribution in [-0.4, -0.2) is 27.0 Å². The lowest BCUT2D eigenvalue weighted by molar-refractivity contribution is -0.144. The number of aromatic amines is 1. The van der Waals surface area contributed by atoms with Gasteiger partial charge < -0.3 is 9.72 Å². The molecule has 2 aromatic heterocycles. The lowest BCUT2D eigenvalue weighted by Crippen LogP contribution is -2.42. The molecule has 3 heterocycles. The zero-order valence-corrected chi connectivity index (χ0v) is 16.3. The smallest absolute Gasteiger partial charge is 0.309 e. The third-order valence-electron chi connectivity index (χ3n) is 7.12. The molecule has 5 nitrogen and oxygen atoms in total. The van der Waals surface area contributed by atoms with E-state index in [1.807, 2.05) is 24.5 Å². The molecule has 3 aliphatic rings. The summed E-state index contributed by atoms with van der Waals surface area (Å²) in [7, 11) is 0. The van der Waals surface area contributed by atoms with Gasteiger partial charge in [-0.2, -0.15) is 0 Å². The van der Waals surface area contributed by atoms with E-state index in [1.54, 1.807) is 6.20 Å². The van der Waals surface area contributed by atoms with Crippen molar-refractivity contribution in [1.29, 1.82) is 0 Å². The maximum absolute atomic E-state index is 12.4. The van der Waals surface area contributed by atoms with Crippen molar-refractivity contribution in [3.8, 4) is 11.4 Å². The summed E-state index contributed by atoms with van der Waals surface area (Å²) < 4.78 is 5.65. The number of esters is 1. The molecule has 1 aliphatic heterocycles. The summed E-state index contributed by atoms with van der Waals surface area (Å²) in [6.45, 7) is 2.07. The van der Waals surface area contributed by atoms with E-state index in [4.69, 9.17) is 4.74 Å². The molecule has 0 amide bonds. The number of hydrogen-bond donors (Lipinski definition) is 1. The van der Waals surface area contributed by atoms with Gasteiger partial charge in [-0.25, -0.2) is 4.98 Å². The number of allylic oxidation sites excluding steroid dienone is 1. The molecule has 2 aromatic rings. The van der Waals surface area contributed by atoms with Crippen molar-refractivity contribution in [2.75, 3.05) is 0 Å². The van der Waals surface area contributed by atoms with Gasteiger partial charge in [-0.1, -0.05) is 25.3 Å². The summed E-state index contributed by atoms with van der Waals surface area (Å²) in [5.74, 6) is 2.99. The highest BCUT2D eigenvalue weighted by Crippen LogP contribution is 2.53. The highest BCUT2D eigenvalue weighted by molar-refractivity contribution is 5.75. The predicted molar refractivity (Wildman–Crippen MR) is 107 cm³/mol. The molecule has 5 rings (SSSR count). The molecular weight excluding hydrogens is 350 g/mol. The van der Waals surface area contributed by atoms with E-state index in [-0.39, 0.29) is 18.0 Å². The SMILES string of the molecule is C[C@H]1OC(=O)[C@@H]2C[C@@H]3CCCC[C@H]3[C@H](/C=C/c3ccc(-c4ncc[nH]4)cn3)[C@H]12. The summed E-state index contributed by atoms with van der Waals surface area (Å²) in [6.07, 6.45) is 16.1. The van der Waals surface area contributed by atoms with Crippen LogP contribution in [0.1, 0.15) is 44.7 Å². The van der Waals surface area contributed by atoms with Crippen molar-refractivity contribution in [2.45, 2.75) is 45.1 Å². The van der Waals surface area contributed by atoms with Gasteiger partial charge in [0, 0.05) is 30.1 Å². The molecule has 2 aliphatic carbocycles. The Morgan fingerprint density at radius 3 is 2.89 bits per heavy atom. The molecule has 6 atom stereocenters. The number of H-pyrrole nitrogens is 1. The molecule has 0 unspecified atom stereocenters. The van der Waals surface area contributed by atoms with Crippen LogP contribution in [0, 0.1) is 29.6 Å². The molecule has 0 bridgehead atoms. The minimum absolute atomic E-state index is 0.0179. The van der Waals surface area contributed by atoms with Crippen molar-refractivity contribution in [3.05, 3.63) is 42.5 Å². The van der Waals surface area contributed by atoms with E-state index in [2.05, 4.69) is 34.0 Å². The fraction of sp³-hybridized carbons (Fsp3) is 0.522. The minimum Gasteiger partial charge on any atom is -0.462 e. The molecule has 0 aromatic carbocycles. The molecule has 146 valence electrons. The van der Waals surface area contributed by atoms with Gasteiger partial charge in [-0.3, -0.25) is 9.78 Å². The van der Waals surface area contributed by atoms with Crippen LogP contribution in [0.2, 0.25) is 0 Å². The normalized spacial score (nSPS) is 34.8. The van der Waals surface area contributed by atoms with Crippen molar-refractivity contribution in [3.63, 3.8) is 0 Å². The largest absolute Gasteiger partial charge is 0.462 e. The van der Waals surface area contributed by atoms with Gasteiger partial charge in [0.1, 0.15) is 11.9 Å². The first-order chi connectivity index (χ1) is 13.7. The topological polar surface area (TPSA) is 67.9 Å². The second kappa shape index (κ2) is 7.19. The zero-order valence-electron chi connectivity index (χ0n) is 16.3. The summed E-state index contributed by atoms with van der Waals surface area (Å²) in [6, 6.07) is 4.08. The van der Waals surface area contributed by atoms with Crippen molar-refractivity contribution in [2.24, 2.45) is 29.6 Å². The molecular formula is C23H27N3O2. The average Bonchev–Trinajstić information content (AvgIpc) is 3.35. The van der Waals surface area contributed by atoms with Crippen LogP contribution in [0.3, 0.4) is 0 Å². The molecule has 3 fully saturated rings. The van der Waals surface area contributed by atoms with E-state index < -0.39 is 0 Å². The van der Waals surface area contributed by atoms with Crippen LogP contribution in [0.25, 0.3) is 17.5 Å². The number of hydrogen-bond acceptors (Lipinski definition) is 4. The standard InChI is InChI=1S/C23H27N3O2/c1-14-21-19(18-5-3-2-4-15(18)12-20(21)23(27)28-14)9-8-17-7-6-16(13-26-17)22-24-10-11-25-22/h6-11,13-15,18-21H,2-5,12H2,1H3,(H,24,25)/b9-8+/t14-,15+,18-,19+,20-,21+/m1/s1. The number of pyridine rings is 1. The highest BCUT2D eigenvalue weighted by Gasteiger charge is 2.53. The maximum Gasteiger partial charge on any atom is 0.309 e. The lowest BCUT2D eigenvalue weighted by atomic mass is 9.57. The number of nitrogens with zero attached hydrogens (tertiary/aromatic N) is 2. The van der Waals surface area contributed by atoms with Crippen LogP contribution >= 0.6 is 0 Å². The summed E-state index contributed by atoms with van der Waals surface area (Å²) in [5, 5.41) is 0. The molecule has 1 N–H and O–H groups in total. The Bertz CT molecular complexity index is 858. The van der Waals surface area contributed by atoms with Gasteiger partial charge in [0.15, 0.2) is 0 Å². The van der Waals surface area contributed by atoms with E-state index in [1.165, 1.54) is 25.7 Å². The van der Waals surface area contributed by atoms with Gasteiger partial charge in [-0.15, -0.1) is 0 Å². The Kier molecular flexibility index (Phi) is 4.53. The van der Waals surface area contributed by atoms with Crippen LogP contribution in [0.5, 0.6) is 0 Å². The Balaban J connectivity index is 1.40. The van der Waals surface area contributed by atoms with Gasteiger partial charge in [-0.05, 0) is 55.7 Å². The predicted octanol–water partition coefficient (Wildman–Crippen LogP) is 4.49. The van der Waals surface area contributed by atoms with Crippen LogP contribution in [0.15, 0.2) is 36.8 Å². The fourth-order valence-corrected chi connectivity index (χ4v) is 5.86. The van der Waals surface area contributed by atoms with Crippen LogP contribution in [0.4, 0.5) is 0 Å². The number of carbonyl (C=O) groups excluding carboxylic acids is 1. The van der Waals surface area contributed by atoms with Gasteiger partial charge in [0.05, 0.1) is 11.6 Å².